The number of aromatic nitrogens is 4. The Morgan fingerprint density at radius 1 is 1.31 bits per heavy atom. The highest BCUT2D eigenvalue weighted by molar-refractivity contribution is 6.03. The van der Waals surface area contributed by atoms with Gasteiger partial charge in [-0.15, -0.1) is 0 Å². The number of hydrogen-bond donors (Lipinski definition) is 2. The van der Waals surface area contributed by atoms with Crippen molar-refractivity contribution in [2.24, 2.45) is 0 Å². The number of furan rings is 1. The molecule has 3 aromatic rings. The largest absolute Gasteiger partial charge is 0.454 e. The number of H-pyrrole nitrogens is 1. The number of anilines is 1. The SMILES string of the molecule is Cc1cc(C)n(Cc2ccc(C(=O)Nc3c(C(F)(F)F)n[nH]c3C)o2)n1. The van der Waals surface area contributed by atoms with E-state index in [-0.39, 0.29) is 11.5 Å². The van der Waals surface area contributed by atoms with Gasteiger partial charge in [0.1, 0.15) is 5.76 Å². The summed E-state index contributed by atoms with van der Waals surface area (Å²) in [5.41, 5.74) is 0.271. The molecule has 0 spiro atoms. The van der Waals surface area contributed by atoms with Crippen LogP contribution in [0.25, 0.3) is 0 Å². The summed E-state index contributed by atoms with van der Waals surface area (Å²) < 4.78 is 46.0. The van der Waals surface area contributed by atoms with Gasteiger partial charge >= 0.3 is 6.18 Å². The molecule has 7 nitrogen and oxygen atoms in total. The first kappa shape index (κ1) is 17.8. The topological polar surface area (TPSA) is 88.7 Å². The molecule has 1 amide bonds. The molecule has 138 valence electrons. The number of aromatic amines is 1. The standard InChI is InChI=1S/C16H16F3N5O2/c1-8-6-9(2)24(23-8)7-11-4-5-12(26-11)15(25)20-13-10(3)21-22-14(13)16(17,18)19/h4-6H,7H2,1-3H3,(H,20,25)(H,21,22). The Morgan fingerprint density at radius 3 is 2.65 bits per heavy atom. The van der Waals surface area contributed by atoms with Gasteiger partial charge in [0.2, 0.25) is 0 Å². The Balaban J connectivity index is 1.77. The molecule has 0 aromatic carbocycles. The van der Waals surface area contributed by atoms with Gasteiger partial charge in [-0.25, -0.2) is 0 Å². The molecule has 0 saturated heterocycles. The van der Waals surface area contributed by atoms with E-state index < -0.39 is 23.5 Å². The van der Waals surface area contributed by atoms with Crippen LogP contribution in [0.5, 0.6) is 0 Å². The molecule has 0 atom stereocenters. The van der Waals surface area contributed by atoms with Crippen LogP contribution >= 0.6 is 0 Å². The van der Waals surface area contributed by atoms with Crippen LogP contribution in [0.4, 0.5) is 18.9 Å². The second-order valence-corrected chi connectivity index (χ2v) is 5.87. The lowest BCUT2D eigenvalue weighted by Crippen LogP contribution is -2.16. The molecule has 26 heavy (non-hydrogen) atoms. The fourth-order valence-electron chi connectivity index (χ4n) is 2.53. The van der Waals surface area contributed by atoms with Crippen molar-refractivity contribution in [3.05, 3.63) is 52.5 Å². The maximum Gasteiger partial charge on any atom is 0.437 e. The van der Waals surface area contributed by atoms with E-state index in [1.54, 1.807) is 10.7 Å². The highest BCUT2D eigenvalue weighted by Gasteiger charge is 2.38. The predicted octanol–water partition coefficient (Wildman–Crippen LogP) is 3.44. The smallest absolute Gasteiger partial charge is 0.437 e. The number of alkyl halides is 3. The zero-order chi connectivity index (χ0) is 19.1. The van der Waals surface area contributed by atoms with E-state index in [1.165, 1.54) is 13.0 Å². The third-order valence-electron chi connectivity index (χ3n) is 3.75. The average molecular weight is 367 g/mol. The van der Waals surface area contributed by atoms with Crippen LogP contribution in [0.2, 0.25) is 0 Å². The maximum absolute atomic E-state index is 12.9. The summed E-state index contributed by atoms with van der Waals surface area (Å²) in [4.78, 5) is 12.2. The molecular formula is C16H16F3N5O2. The van der Waals surface area contributed by atoms with Gasteiger partial charge in [-0.2, -0.15) is 23.4 Å². The van der Waals surface area contributed by atoms with Crippen molar-refractivity contribution >= 4 is 11.6 Å². The number of halogens is 3. The fourth-order valence-corrected chi connectivity index (χ4v) is 2.53. The molecule has 0 aliphatic rings. The Kier molecular flexibility index (Phi) is 4.34. The number of amides is 1. The van der Waals surface area contributed by atoms with E-state index in [0.717, 1.165) is 11.4 Å². The average Bonchev–Trinajstić information content (AvgIpc) is 3.21. The van der Waals surface area contributed by atoms with Crippen molar-refractivity contribution < 1.29 is 22.4 Å². The number of nitrogens with one attached hydrogen (secondary N) is 2. The Labute approximate surface area is 146 Å². The Bertz CT molecular complexity index is 952. The lowest BCUT2D eigenvalue weighted by molar-refractivity contribution is -0.140. The van der Waals surface area contributed by atoms with Crippen LogP contribution < -0.4 is 5.32 Å². The predicted molar refractivity (Wildman–Crippen MR) is 85.8 cm³/mol. The van der Waals surface area contributed by atoms with Crippen molar-refractivity contribution in [2.45, 2.75) is 33.5 Å². The second kappa shape index (κ2) is 6.36. The molecule has 0 radical (unpaired) electrons. The first-order chi connectivity index (χ1) is 12.1. The maximum atomic E-state index is 12.9. The van der Waals surface area contributed by atoms with E-state index in [1.807, 2.05) is 19.9 Å². The second-order valence-electron chi connectivity index (χ2n) is 5.87. The summed E-state index contributed by atoms with van der Waals surface area (Å²) in [6.45, 7) is 5.44. The van der Waals surface area contributed by atoms with Crippen LogP contribution in [-0.4, -0.2) is 25.9 Å². The summed E-state index contributed by atoms with van der Waals surface area (Å²) in [7, 11) is 0. The molecule has 0 fully saturated rings. The lowest BCUT2D eigenvalue weighted by Gasteiger charge is -2.08. The van der Waals surface area contributed by atoms with E-state index in [0.29, 0.717) is 12.3 Å². The molecule has 3 aromatic heterocycles. The molecule has 0 aliphatic heterocycles. The first-order valence-corrected chi connectivity index (χ1v) is 7.68. The van der Waals surface area contributed by atoms with Gasteiger partial charge in [-0.3, -0.25) is 14.6 Å². The summed E-state index contributed by atoms with van der Waals surface area (Å²) in [6, 6.07) is 4.88. The van der Waals surface area contributed by atoms with E-state index in [9.17, 15) is 18.0 Å². The van der Waals surface area contributed by atoms with Gasteiger partial charge in [-0.1, -0.05) is 0 Å². The molecule has 10 heteroatoms. The number of carbonyl (C=O) groups excluding carboxylic acids is 1. The van der Waals surface area contributed by atoms with Crippen LogP contribution in [0.3, 0.4) is 0 Å². The number of aryl methyl sites for hydroxylation is 3. The highest BCUT2D eigenvalue weighted by atomic mass is 19.4. The normalized spacial score (nSPS) is 11.8. The van der Waals surface area contributed by atoms with E-state index in [2.05, 4.69) is 20.6 Å². The quantitative estimate of drug-likeness (QED) is 0.739. The Hall–Kier alpha value is -3.04. The first-order valence-electron chi connectivity index (χ1n) is 7.68. The van der Waals surface area contributed by atoms with Crippen molar-refractivity contribution in [2.75, 3.05) is 5.32 Å². The molecular weight excluding hydrogens is 351 g/mol. The van der Waals surface area contributed by atoms with Crippen molar-refractivity contribution in [1.82, 2.24) is 20.0 Å². The zero-order valence-corrected chi connectivity index (χ0v) is 14.2. The minimum absolute atomic E-state index is 0.0973. The van der Waals surface area contributed by atoms with Gasteiger partial charge in [0.25, 0.3) is 5.91 Å². The highest BCUT2D eigenvalue weighted by Crippen LogP contribution is 2.34. The van der Waals surface area contributed by atoms with Gasteiger partial charge in [0, 0.05) is 5.69 Å². The lowest BCUT2D eigenvalue weighted by atomic mass is 10.2. The molecule has 0 saturated carbocycles. The molecule has 0 bridgehead atoms. The molecule has 3 rings (SSSR count). The van der Waals surface area contributed by atoms with Gasteiger partial charge in [-0.05, 0) is 39.0 Å². The van der Waals surface area contributed by atoms with E-state index in [4.69, 9.17) is 4.42 Å². The van der Waals surface area contributed by atoms with Crippen LogP contribution in [0.1, 0.15) is 39.1 Å². The van der Waals surface area contributed by atoms with Crippen molar-refractivity contribution in [1.29, 1.82) is 0 Å². The fraction of sp³-hybridized carbons (Fsp3) is 0.312. The van der Waals surface area contributed by atoms with Crippen LogP contribution in [0.15, 0.2) is 22.6 Å². The van der Waals surface area contributed by atoms with Gasteiger partial charge in [0.15, 0.2) is 11.5 Å². The summed E-state index contributed by atoms with van der Waals surface area (Å²) in [6.07, 6.45) is -4.68. The molecule has 0 unspecified atom stereocenters. The van der Waals surface area contributed by atoms with Crippen molar-refractivity contribution in [3.63, 3.8) is 0 Å². The van der Waals surface area contributed by atoms with Crippen LogP contribution in [-0.2, 0) is 12.7 Å². The summed E-state index contributed by atoms with van der Waals surface area (Å²) in [5, 5.41) is 11.9. The number of hydrogen-bond acceptors (Lipinski definition) is 4. The molecule has 2 N–H and O–H groups in total. The van der Waals surface area contributed by atoms with Crippen LogP contribution in [0, 0.1) is 20.8 Å². The summed E-state index contributed by atoms with van der Waals surface area (Å²) in [5.74, 6) is -0.434. The minimum Gasteiger partial charge on any atom is -0.454 e. The van der Waals surface area contributed by atoms with E-state index >= 15 is 0 Å². The van der Waals surface area contributed by atoms with Gasteiger partial charge < -0.3 is 9.73 Å². The molecule has 0 aliphatic carbocycles. The minimum atomic E-state index is -4.68. The monoisotopic (exact) mass is 367 g/mol. The number of carbonyl (C=O) groups is 1. The number of nitrogens with zero attached hydrogens (tertiary/aromatic N) is 3. The zero-order valence-electron chi connectivity index (χ0n) is 14.2. The summed E-state index contributed by atoms with van der Waals surface area (Å²) >= 11 is 0. The molecule has 3 heterocycles. The Morgan fingerprint density at radius 2 is 2.04 bits per heavy atom. The third kappa shape index (κ3) is 3.48. The third-order valence-corrected chi connectivity index (χ3v) is 3.75. The van der Waals surface area contributed by atoms with Gasteiger partial charge in [0.05, 0.1) is 23.6 Å². The number of rotatable bonds is 4. The van der Waals surface area contributed by atoms with Crippen molar-refractivity contribution in [3.8, 4) is 0 Å².